The third kappa shape index (κ3) is 4.24. The Labute approximate surface area is 157 Å². The molecular weight excluding hydrogens is 354 g/mol. The fourth-order valence-corrected chi connectivity index (χ4v) is 4.23. The minimum Gasteiger partial charge on any atom is -0.497 e. The first-order chi connectivity index (χ1) is 12.6. The van der Waals surface area contributed by atoms with E-state index in [1.165, 1.54) is 7.11 Å². The highest BCUT2D eigenvalue weighted by Gasteiger charge is 2.33. The molecule has 26 heavy (non-hydrogen) atoms. The Morgan fingerprint density at radius 3 is 2.88 bits per heavy atom. The molecule has 2 N–H and O–H groups in total. The second-order valence-corrected chi connectivity index (χ2v) is 7.55. The zero-order valence-electron chi connectivity index (χ0n) is 15.1. The van der Waals surface area contributed by atoms with E-state index in [1.54, 1.807) is 37.1 Å². The SMILES string of the molecule is COc1ccc(C(=O)NCC2CNC(C(=O)N3CCSC3)C2)c(OC)c1. The van der Waals surface area contributed by atoms with Gasteiger partial charge in [-0.05, 0) is 24.5 Å². The molecule has 0 bridgehead atoms. The monoisotopic (exact) mass is 379 g/mol. The molecule has 1 aromatic carbocycles. The van der Waals surface area contributed by atoms with E-state index < -0.39 is 0 Å². The van der Waals surface area contributed by atoms with Gasteiger partial charge in [-0.2, -0.15) is 0 Å². The smallest absolute Gasteiger partial charge is 0.255 e. The Hall–Kier alpha value is -1.93. The van der Waals surface area contributed by atoms with Gasteiger partial charge in [-0.15, -0.1) is 11.8 Å². The van der Waals surface area contributed by atoms with E-state index in [0.29, 0.717) is 23.6 Å². The number of benzene rings is 1. The van der Waals surface area contributed by atoms with E-state index in [1.807, 2.05) is 4.90 Å². The summed E-state index contributed by atoms with van der Waals surface area (Å²) in [6, 6.07) is 4.98. The number of hydrogen-bond acceptors (Lipinski definition) is 6. The van der Waals surface area contributed by atoms with Crippen molar-refractivity contribution in [2.75, 3.05) is 45.5 Å². The molecule has 0 spiro atoms. The van der Waals surface area contributed by atoms with E-state index in [-0.39, 0.29) is 23.8 Å². The molecule has 2 amide bonds. The lowest BCUT2D eigenvalue weighted by Crippen LogP contribution is -2.42. The van der Waals surface area contributed by atoms with Crippen LogP contribution in [0, 0.1) is 5.92 Å². The Morgan fingerprint density at radius 1 is 1.35 bits per heavy atom. The first kappa shape index (κ1) is 18.8. The van der Waals surface area contributed by atoms with Crippen LogP contribution in [0.15, 0.2) is 18.2 Å². The summed E-state index contributed by atoms with van der Waals surface area (Å²) in [5, 5.41) is 6.24. The molecule has 2 heterocycles. The third-order valence-corrected chi connectivity index (χ3v) is 5.75. The number of carbonyl (C=O) groups excluding carboxylic acids is 2. The number of carbonyl (C=O) groups is 2. The highest BCUT2D eigenvalue weighted by molar-refractivity contribution is 7.99. The van der Waals surface area contributed by atoms with Crippen molar-refractivity contribution in [3.05, 3.63) is 23.8 Å². The second kappa shape index (κ2) is 8.64. The zero-order chi connectivity index (χ0) is 18.5. The van der Waals surface area contributed by atoms with Crippen LogP contribution >= 0.6 is 11.8 Å². The topological polar surface area (TPSA) is 79.9 Å². The van der Waals surface area contributed by atoms with Gasteiger partial charge < -0.3 is 25.0 Å². The molecule has 2 saturated heterocycles. The first-order valence-electron chi connectivity index (χ1n) is 8.72. The Balaban J connectivity index is 1.51. The number of amides is 2. The van der Waals surface area contributed by atoms with Crippen LogP contribution < -0.4 is 20.1 Å². The molecule has 2 aliphatic heterocycles. The number of hydrogen-bond donors (Lipinski definition) is 2. The highest BCUT2D eigenvalue weighted by atomic mass is 32.2. The van der Waals surface area contributed by atoms with Crippen LogP contribution in [0.3, 0.4) is 0 Å². The molecule has 8 heteroatoms. The molecule has 0 radical (unpaired) electrons. The summed E-state index contributed by atoms with van der Waals surface area (Å²) < 4.78 is 10.4. The van der Waals surface area contributed by atoms with Crippen LogP contribution in [0.5, 0.6) is 11.5 Å². The number of thioether (sulfide) groups is 1. The predicted molar refractivity (Wildman–Crippen MR) is 101 cm³/mol. The van der Waals surface area contributed by atoms with Crippen molar-refractivity contribution in [2.45, 2.75) is 12.5 Å². The van der Waals surface area contributed by atoms with Gasteiger partial charge in [-0.25, -0.2) is 0 Å². The third-order valence-electron chi connectivity index (χ3n) is 4.79. The molecule has 0 saturated carbocycles. The van der Waals surface area contributed by atoms with Gasteiger partial charge in [-0.3, -0.25) is 9.59 Å². The van der Waals surface area contributed by atoms with Crippen LogP contribution in [0.1, 0.15) is 16.8 Å². The van der Waals surface area contributed by atoms with Crippen LogP contribution in [0.25, 0.3) is 0 Å². The number of nitrogens with one attached hydrogen (secondary N) is 2. The normalized spacial score (nSPS) is 22.3. The maximum atomic E-state index is 12.5. The van der Waals surface area contributed by atoms with Gasteiger partial charge in [0.2, 0.25) is 5.91 Å². The Kier molecular flexibility index (Phi) is 6.26. The summed E-state index contributed by atoms with van der Waals surface area (Å²) in [7, 11) is 3.10. The molecule has 2 aliphatic rings. The Bertz CT molecular complexity index is 664. The molecule has 0 aliphatic carbocycles. The molecule has 2 fully saturated rings. The van der Waals surface area contributed by atoms with Gasteiger partial charge in [0, 0.05) is 31.5 Å². The molecule has 7 nitrogen and oxygen atoms in total. The van der Waals surface area contributed by atoms with Crippen LogP contribution in [-0.2, 0) is 4.79 Å². The summed E-state index contributed by atoms with van der Waals surface area (Å²) in [5.41, 5.74) is 0.473. The van der Waals surface area contributed by atoms with Gasteiger partial charge in [0.25, 0.3) is 5.91 Å². The van der Waals surface area contributed by atoms with Crippen molar-refractivity contribution in [3.63, 3.8) is 0 Å². The molecule has 0 aromatic heterocycles. The fourth-order valence-electron chi connectivity index (χ4n) is 3.28. The van der Waals surface area contributed by atoms with E-state index in [2.05, 4.69) is 10.6 Å². The van der Waals surface area contributed by atoms with Gasteiger partial charge >= 0.3 is 0 Å². The first-order valence-corrected chi connectivity index (χ1v) is 9.88. The summed E-state index contributed by atoms with van der Waals surface area (Å²) in [6.45, 7) is 2.09. The zero-order valence-corrected chi connectivity index (χ0v) is 15.9. The van der Waals surface area contributed by atoms with Crippen molar-refractivity contribution in [3.8, 4) is 11.5 Å². The second-order valence-electron chi connectivity index (χ2n) is 6.48. The van der Waals surface area contributed by atoms with Crippen LogP contribution in [0.2, 0.25) is 0 Å². The van der Waals surface area contributed by atoms with Crippen molar-refractivity contribution in [2.24, 2.45) is 5.92 Å². The Morgan fingerprint density at radius 2 is 2.19 bits per heavy atom. The lowest BCUT2D eigenvalue weighted by molar-refractivity contribution is -0.131. The van der Waals surface area contributed by atoms with E-state index in [4.69, 9.17) is 9.47 Å². The average Bonchev–Trinajstić information content (AvgIpc) is 3.37. The van der Waals surface area contributed by atoms with Gasteiger partial charge in [0.15, 0.2) is 0 Å². The highest BCUT2D eigenvalue weighted by Crippen LogP contribution is 2.25. The van der Waals surface area contributed by atoms with Crippen LogP contribution in [0.4, 0.5) is 0 Å². The van der Waals surface area contributed by atoms with Crippen molar-refractivity contribution in [1.29, 1.82) is 0 Å². The largest absolute Gasteiger partial charge is 0.497 e. The predicted octanol–water partition coefficient (Wildman–Crippen LogP) is 0.945. The summed E-state index contributed by atoms with van der Waals surface area (Å²) >= 11 is 1.79. The van der Waals surface area contributed by atoms with Gasteiger partial charge in [0.05, 0.1) is 31.7 Å². The average molecular weight is 379 g/mol. The lowest BCUT2D eigenvalue weighted by atomic mass is 10.0. The lowest BCUT2D eigenvalue weighted by Gasteiger charge is -2.19. The number of methoxy groups -OCH3 is 2. The molecule has 142 valence electrons. The van der Waals surface area contributed by atoms with Gasteiger partial charge in [0.1, 0.15) is 11.5 Å². The molecule has 2 atom stereocenters. The molecular formula is C18H25N3O4S. The quantitative estimate of drug-likeness (QED) is 0.766. The van der Waals surface area contributed by atoms with Crippen molar-refractivity contribution in [1.82, 2.24) is 15.5 Å². The standard InChI is InChI=1S/C18H25N3O4S/c1-24-13-3-4-14(16(8-13)25-2)17(22)20-10-12-7-15(19-9-12)18(23)21-5-6-26-11-21/h3-4,8,12,15,19H,5-7,9-11H2,1-2H3,(H,20,22). The number of rotatable bonds is 6. The van der Waals surface area contributed by atoms with Crippen molar-refractivity contribution >= 4 is 23.6 Å². The number of nitrogens with zero attached hydrogens (tertiary/aromatic N) is 1. The van der Waals surface area contributed by atoms with E-state index in [9.17, 15) is 9.59 Å². The van der Waals surface area contributed by atoms with Crippen molar-refractivity contribution < 1.29 is 19.1 Å². The summed E-state index contributed by atoms with van der Waals surface area (Å²) in [4.78, 5) is 26.8. The summed E-state index contributed by atoms with van der Waals surface area (Å²) in [5.74, 6) is 3.16. The summed E-state index contributed by atoms with van der Waals surface area (Å²) in [6.07, 6.45) is 0.750. The molecule has 2 unspecified atom stereocenters. The van der Waals surface area contributed by atoms with Crippen LogP contribution in [-0.4, -0.2) is 68.2 Å². The van der Waals surface area contributed by atoms with Gasteiger partial charge in [-0.1, -0.05) is 0 Å². The van der Waals surface area contributed by atoms with E-state index >= 15 is 0 Å². The van der Waals surface area contributed by atoms with E-state index in [0.717, 1.165) is 31.1 Å². The molecule has 1 aromatic rings. The maximum absolute atomic E-state index is 12.5. The fraction of sp³-hybridized carbons (Fsp3) is 0.556. The molecule has 3 rings (SSSR count). The minimum absolute atomic E-state index is 0.133. The minimum atomic E-state index is -0.185. The number of ether oxygens (including phenoxy) is 2. The maximum Gasteiger partial charge on any atom is 0.255 e.